The number of likely N-dealkylation sites (tertiary alicyclic amines) is 1. The number of aliphatic hydroxyl groups is 1. The first-order chi connectivity index (χ1) is 20.4. The molecule has 44 heavy (non-hydrogen) atoms. The molecule has 1 aromatic rings. The average Bonchev–Trinajstić information content (AvgIpc) is 3.40. The standard InChI is InChI=1S/C19H26N3O4S.C7H11F3.C5H10O.K/c1-4-27(24,25)17-7-5-14(6-8-17)19(13-23)26-20-16-9-15-10-21(2)12-18(15)22(3)11-16;8-7(9,10)6-4-2-1-3-5-6;1-2-4-6-5-3-1;/h5-9,11,18-19,23H,4,10,12-13H2,1-3H3;6H,1-5H2;1-5H2;/q-1;;;+1. The molecule has 5 rings (SSSR count). The minimum absolute atomic E-state index is 0. The SMILES string of the molecule is C1CCOCC1.CCS(=O)(=O)c1ccc(C(CO)O[N-]C2=CN(C)C3CN(C)CC3=C2)cc1.FC(F)(F)C1CCCCC1.[K+]. The quantitative estimate of drug-likeness (QED) is 0.352. The minimum atomic E-state index is -3.93. The number of hydroxylamine groups is 1. The second kappa shape index (κ2) is 19.4. The number of nitrogens with zero attached hydrogens (tertiary/aromatic N) is 3. The van der Waals surface area contributed by atoms with Crippen LogP contribution in [-0.2, 0) is 19.4 Å². The van der Waals surface area contributed by atoms with Crippen LogP contribution in [0.5, 0.6) is 0 Å². The summed E-state index contributed by atoms with van der Waals surface area (Å²) in [5, 5.41) is 9.67. The molecule has 244 valence electrons. The summed E-state index contributed by atoms with van der Waals surface area (Å²) in [6, 6.07) is 6.75. The van der Waals surface area contributed by atoms with Crippen molar-refractivity contribution in [3.8, 4) is 0 Å². The molecule has 8 nitrogen and oxygen atoms in total. The van der Waals surface area contributed by atoms with Crippen LogP contribution in [0.1, 0.15) is 70.0 Å². The molecule has 2 saturated heterocycles. The fraction of sp³-hybridized carbons (Fsp3) is 0.677. The van der Waals surface area contributed by atoms with Crippen LogP contribution in [0, 0.1) is 5.92 Å². The number of rotatable bonds is 7. The first kappa shape index (κ1) is 39.7. The predicted octanol–water partition coefficient (Wildman–Crippen LogP) is 3.17. The maximum Gasteiger partial charge on any atom is 1.00 e. The van der Waals surface area contributed by atoms with E-state index in [2.05, 4.69) is 22.3 Å². The van der Waals surface area contributed by atoms with Crippen molar-refractivity contribution < 1.29 is 87.7 Å². The number of sulfone groups is 1. The van der Waals surface area contributed by atoms with Crippen LogP contribution in [0.25, 0.3) is 5.48 Å². The van der Waals surface area contributed by atoms with E-state index in [9.17, 15) is 26.7 Å². The van der Waals surface area contributed by atoms with Crippen LogP contribution in [0.3, 0.4) is 0 Å². The molecule has 0 aromatic heterocycles. The first-order valence-electron chi connectivity index (χ1n) is 15.2. The fourth-order valence-electron chi connectivity index (χ4n) is 5.50. The second-order valence-electron chi connectivity index (χ2n) is 11.5. The Bertz CT molecular complexity index is 1140. The van der Waals surface area contributed by atoms with Gasteiger partial charge in [0.25, 0.3) is 0 Å². The van der Waals surface area contributed by atoms with Gasteiger partial charge < -0.3 is 25.1 Å². The van der Waals surface area contributed by atoms with Gasteiger partial charge in [-0.3, -0.25) is 4.90 Å². The van der Waals surface area contributed by atoms with Crippen molar-refractivity contribution in [1.82, 2.24) is 9.80 Å². The Labute approximate surface area is 303 Å². The summed E-state index contributed by atoms with van der Waals surface area (Å²) in [6.45, 7) is 5.24. The molecule has 13 heteroatoms. The Morgan fingerprint density at radius 2 is 1.66 bits per heavy atom. The zero-order chi connectivity index (χ0) is 31.5. The molecule has 1 N–H and O–H groups in total. The smallest absolute Gasteiger partial charge is 0.560 e. The molecule has 4 aliphatic rings. The number of likely N-dealkylation sites (N-methyl/N-ethyl adjacent to an activating group) is 2. The third-order valence-electron chi connectivity index (χ3n) is 8.11. The Kier molecular flexibility index (Phi) is 17.5. The van der Waals surface area contributed by atoms with Gasteiger partial charge in [-0.2, -0.15) is 13.2 Å². The Hall–Kier alpha value is -0.484. The minimum Gasteiger partial charge on any atom is -0.560 e. The van der Waals surface area contributed by atoms with E-state index in [-0.39, 0.29) is 68.6 Å². The molecule has 2 atom stereocenters. The van der Waals surface area contributed by atoms with E-state index in [1.165, 1.54) is 37.0 Å². The summed E-state index contributed by atoms with van der Waals surface area (Å²) in [5.74, 6) is -0.949. The van der Waals surface area contributed by atoms with E-state index in [0.717, 1.165) is 45.6 Å². The van der Waals surface area contributed by atoms with Gasteiger partial charge in [-0.25, -0.2) is 8.42 Å². The van der Waals surface area contributed by atoms with E-state index >= 15 is 0 Å². The van der Waals surface area contributed by atoms with Gasteiger partial charge in [0.2, 0.25) is 0 Å². The molecule has 3 fully saturated rings. The maximum atomic E-state index is 11.9. The number of benzene rings is 1. The Morgan fingerprint density at radius 3 is 2.14 bits per heavy atom. The van der Waals surface area contributed by atoms with Gasteiger partial charge in [0.1, 0.15) is 0 Å². The molecule has 0 spiro atoms. The van der Waals surface area contributed by atoms with E-state index in [4.69, 9.17) is 9.57 Å². The van der Waals surface area contributed by atoms with Gasteiger partial charge in [0.05, 0.1) is 35.3 Å². The third-order valence-corrected chi connectivity index (χ3v) is 9.86. The van der Waals surface area contributed by atoms with Crippen LogP contribution < -0.4 is 51.4 Å². The van der Waals surface area contributed by atoms with Crippen molar-refractivity contribution in [2.45, 2.75) is 81.5 Å². The van der Waals surface area contributed by atoms with Crippen LogP contribution in [0.15, 0.2) is 52.7 Å². The normalized spacial score (nSPS) is 21.7. The van der Waals surface area contributed by atoms with Crippen molar-refractivity contribution in [3.63, 3.8) is 0 Å². The Balaban J connectivity index is 0.000000324. The summed E-state index contributed by atoms with van der Waals surface area (Å²) in [7, 11) is 0.855. The maximum absolute atomic E-state index is 11.9. The molecule has 1 aliphatic carbocycles. The molecule has 3 aliphatic heterocycles. The zero-order valence-corrected chi connectivity index (χ0v) is 30.5. The van der Waals surface area contributed by atoms with Crippen LogP contribution in [0.4, 0.5) is 13.2 Å². The first-order valence-corrected chi connectivity index (χ1v) is 16.9. The van der Waals surface area contributed by atoms with E-state index in [1.54, 1.807) is 19.1 Å². The molecule has 0 bridgehead atoms. The monoisotopic (exact) mass is 669 g/mol. The van der Waals surface area contributed by atoms with E-state index in [0.29, 0.717) is 30.1 Å². The summed E-state index contributed by atoms with van der Waals surface area (Å²) in [5.41, 5.74) is 6.86. The van der Waals surface area contributed by atoms with E-state index in [1.807, 2.05) is 19.3 Å². The van der Waals surface area contributed by atoms with Crippen molar-refractivity contribution in [3.05, 3.63) is 58.9 Å². The Morgan fingerprint density at radius 1 is 1.05 bits per heavy atom. The van der Waals surface area contributed by atoms with Crippen molar-refractivity contribution in [2.75, 3.05) is 52.8 Å². The van der Waals surface area contributed by atoms with Gasteiger partial charge in [-0.05, 0) is 68.6 Å². The van der Waals surface area contributed by atoms with Gasteiger partial charge in [-0.15, -0.1) is 5.70 Å². The van der Waals surface area contributed by atoms with Crippen molar-refractivity contribution in [2.24, 2.45) is 5.92 Å². The molecule has 3 heterocycles. The number of ether oxygens (including phenoxy) is 1. The summed E-state index contributed by atoms with van der Waals surface area (Å²) in [6.07, 6.45) is 6.49. The summed E-state index contributed by atoms with van der Waals surface area (Å²) < 4.78 is 64.7. The number of aliphatic hydroxyl groups excluding tert-OH is 1. The molecular weight excluding hydrogens is 623 g/mol. The summed E-state index contributed by atoms with van der Waals surface area (Å²) >= 11 is 0. The van der Waals surface area contributed by atoms with Gasteiger partial charge in [0.15, 0.2) is 9.84 Å². The zero-order valence-electron chi connectivity index (χ0n) is 26.6. The number of alkyl halides is 3. The molecular formula is C31H47F3KN3O5S. The number of fused-ring (bicyclic) bond motifs is 1. The van der Waals surface area contributed by atoms with Crippen LogP contribution in [-0.4, -0.2) is 88.3 Å². The van der Waals surface area contributed by atoms with Crippen molar-refractivity contribution >= 4 is 9.84 Å². The second-order valence-corrected chi connectivity index (χ2v) is 13.8. The van der Waals surface area contributed by atoms with E-state index < -0.39 is 28.0 Å². The van der Waals surface area contributed by atoms with Gasteiger partial charge >= 0.3 is 57.6 Å². The molecule has 2 unspecified atom stereocenters. The number of hydrogen-bond acceptors (Lipinski definition) is 7. The summed E-state index contributed by atoms with van der Waals surface area (Å²) in [4.78, 5) is 10.2. The molecule has 0 amide bonds. The molecule has 0 radical (unpaired) electrons. The number of halogens is 3. The molecule has 1 saturated carbocycles. The number of hydrogen-bond donors (Lipinski definition) is 1. The van der Waals surface area contributed by atoms with Crippen LogP contribution in [0.2, 0.25) is 0 Å². The topological polar surface area (TPSA) is 93.4 Å². The van der Waals surface area contributed by atoms with Gasteiger partial charge in [-0.1, -0.05) is 44.4 Å². The largest absolute Gasteiger partial charge is 1.00 e. The predicted molar refractivity (Wildman–Crippen MR) is 161 cm³/mol. The fourth-order valence-corrected chi connectivity index (χ4v) is 6.38. The number of allylic oxidation sites excluding steroid dienone is 1. The average molecular weight is 670 g/mol. The van der Waals surface area contributed by atoms with Gasteiger partial charge in [0, 0.05) is 33.4 Å². The van der Waals surface area contributed by atoms with Crippen molar-refractivity contribution in [1.29, 1.82) is 0 Å². The molecule has 1 aromatic carbocycles. The van der Waals surface area contributed by atoms with Crippen LogP contribution >= 0.6 is 0 Å². The third kappa shape index (κ3) is 12.6.